The number of carbonyl (C=O) groups is 1. The molecule has 0 radical (unpaired) electrons. The lowest BCUT2D eigenvalue weighted by Gasteiger charge is -2.11. The van der Waals surface area contributed by atoms with Crippen molar-refractivity contribution in [1.82, 2.24) is 24.3 Å². The lowest BCUT2D eigenvalue weighted by Crippen LogP contribution is -2.27. The Morgan fingerprint density at radius 1 is 0.978 bits per heavy atom. The van der Waals surface area contributed by atoms with Crippen LogP contribution in [0.2, 0.25) is 0 Å². The van der Waals surface area contributed by atoms with Crippen LogP contribution in [0.3, 0.4) is 0 Å². The number of para-hydroxylation sites is 1. The molecule has 0 unspecified atom stereocenters. The monoisotopic (exact) mass is 613 g/mol. The molecule has 7 rings (SSSR count). The number of ether oxygens (including phenoxy) is 1. The van der Waals surface area contributed by atoms with Crippen LogP contribution in [0.1, 0.15) is 10.4 Å². The summed E-state index contributed by atoms with van der Waals surface area (Å²) in [6, 6.07) is 22.4. The van der Waals surface area contributed by atoms with Crippen LogP contribution >= 0.6 is 0 Å². The van der Waals surface area contributed by atoms with E-state index in [1.165, 1.54) is 47.4 Å². The maximum Gasteiger partial charge on any atom is 0.267 e. The molecule has 0 aliphatic heterocycles. The first-order valence-corrected chi connectivity index (χ1v) is 14.0. The molecule has 0 fully saturated rings. The van der Waals surface area contributed by atoms with Crippen molar-refractivity contribution in [2.45, 2.75) is 0 Å². The molecule has 0 bridgehead atoms. The number of hydrogen-bond donors (Lipinski definition) is 2. The van der Waals surface area contributed by atoms with E-state index in [0.29, 0.717) is 45.2 Å². The van der Waals surface area contributed by atoms with Crippen LogP contribution in [0, 0.1) is 5.82 Å². The molecule has 0 atom stereocenters. The molecule has 0 aliphatic rings. The number of amides is 1. The predicted octanol–water partition coefficient (Wildman–Crippen LogP) is 6.21. The standard InChI is InChI=1S/C34H24FN7O4/c1-41-18-20(17-39-41)30-28(25-5-2-3-7-27(25)36)29-32(37-19-38-33(29)46-30)45-24-14-10-22(11-15-24)40-31(43)26-6-4-16-42(34(26)44)23-12-8-21(35)9-13-23/h2-19H,36H2,1H3,(H,40,43). The smallest absolute Gasteiger partial charge is 0.267 e. The number of carbonyl (C=O) groups excluding carboxylic acids is 1. The number of halogens is 1. The number of aryl methyl sites for hydroxylation is 1. The van der Waals surface area contributed by atoms with Gasteiger partial charge in [-0.3, -0.25) is 18.8 Å². The number of aromatic nitrogens is 5. The van der Waals surface area contributed by atoms with E-state index in [-0.39, 0.29) is 11.4 Å². The summed E-state index contributed by atoms with van der Waals surface area (Å²) in [5, 5.41) is 7.55. The van der Waals surface area contributed by atoms with E-state index in [9.17, 15) is 14.0 Å². The summed E-state index contributed by atoms with van der Waals surface area (Å²) in [5.41, 5.74) is 9.60. The number of anilines is 2. The molecular formula is C34H24FN7O4. The molecule has 0 aliphatic carbocycles. The van der Waals surface area contributed by atoms with E-state index in [0.717, 1.165) is 11.1 Å². The van der Waals surface area contributed by atoms with E-state index in [4.69, 9.17) is 14.9 Å². The molecule has 4 aromatic heterocycles. The van der Waals surface area contributed by atoms with Gasteiger partial charge in [-0.05, 0) is 66.7 Å². The van der Waals surface area contributed by atoms with E-state index < -0.39 is 17.3 Å². The maximum atomic E-state index is 13.4. The van der Waals surface area contributed by atoms with Gasteiger partial charge in [-0.2, -0.15) is 5.10 Å². The van der Waals surface area contributed by atoms with Gasteiger partial charge in [0.2, 0.25) is 11.6 Å². The van der Waals surface area contributed by atoms with Crippen LogP contribution in [-0.4, -0.2) is 30.2 Å². The van der Waals surface area contributed by atoms with Gasteiger partial charge in [-0.1, -0.05) is 18.2 Å². The topological polar surface area (TPSA) is 143 Å². The summed E-state index contributed by atoms with van der Waals surface area (Å²) in [5.74, 6) is 0.155. The molecule has 226 valence electrons. The second-order valence-electron chi connectivity index (χ2n) is 10.3. The van der Waals surface area contributed by atoms with Gasteiger partial charge in [0.25, 0.3) is 11.5 Å². The van der Waals surface area contributed by atoms with Gasteiger partial charge in [0.05, 0.1) is 11.8 Å². The van der Waals surface area contributed by atoms with Crippen LogP contribution in [0.15, 0.2) is 119 Å². The van der Waals surface area contributed by atoms with Crippen molar-refractivity contribution < 1.29 is 18.3 Å². The average molecular weight is 614 g/mol. The Bertz CT molecular complexity index is 2290. The first kappa shape index (κ1) is 28.2. The molecule has 3 N–H and O–H groups in total. The van der Waals surface area contributed by atoms with Crippen molar-refractivity contribution in [3.8, 4) is 39.8 Å². The predicted molar refractivity (Wildman–Crippen MR) is 170 cm³/mol. The number of rotatable bonds is 7. The quantitative estimate of drug-likeness (QED) is 0.202. The van der Waals surface area contributed by atoms with Gasteiger partial charge in [0.1, 0.15) is 34.6 Å². The minimum absolute atomic E-state index is 0.0763. The number of hydrogen-bond acceptors (Lipinski definition) is 8. The molecule has 0 spiro atoms. The van der Waals surface area contributed by atoms with Crippen molar-refractivity contribution >= 4 is 28.4 Å². The van der Waals surface area contributed by atoms with Gasteiger partial charge in [-0.15, -0.1) is 0 Å². The van der Waals surface area contributed by atoms with Crippen molar-refractivity contribution in [3.63, 3.8) is 0 Å². The molecule has 12 heteroatoms. The van der Waals surface area contributed by atoms with Gasteiger partial charge >= 0.3 is 0 Å². The molecule has 3 aromatic carbocycles. The average Bonchev–Trinajstić information content (AvgIpc) is 3.67. The SMILES string of the molecule is Cn1cc(-c2oc3ncnc(Oc4ccc(NC(=O)c5cccn(-c6ccc(F)cc6)c5=O)cc4)c3c2-c2ccccc2N)cn1. The van der Waals surface area contributed by atoms with Crippen molar-refractivity contribution in [3.05, 3.63) is 132 Å². The fraction of sp³-hybridized carbons (Fsp3) is 0.0294. The molecular weight excluding hydrogens is 589 g/mol. The number of nitrogens with one attached hydrogen (secondary N) is 1. The van der Waals surface area contributed by atoms with Gasteiger partial charge < -0.3 is 20.2 Å². The van der Waals surface area contributed by atoms with Crippen LogP contribution in [0.4, 0.5) is 15.8 Å². The Kier molecular flexibility index (Phi) is 7.06. The summed E-state index contributed by atoms with van der Waals surface area (Å²) in [6.45, 7) is 0. The fourth-order valence-corrected chi connectivity index (χ4v) is 5.10. The van der Waals surface area contributed by atoms with E-state index in [2.05, 4.69) is 20.4 Å². The second-order valence-corrected chi connectivity index (χ2v) is 10.3. The Balaban J connectivity index is 1.18. The highest BCUT2D eigenvalue weighted by Gasteiger charge is 2.25. The number of nitrogen functional groups attached to an aromatic ring is 1. The molecule has 1 amide bonds. The second kappa shape index (κ2) is 11.5. The lowest BCUT2D eigenvalue weighted by molar-refractivity contribution is 0.102. The van der Waals surface area contributed by atoms with Gasteiger partial charge in [0.15, 0.2) is 0 Å². The van der Waals surface area contributed by atoms with Crippen molar-refractivity contribution in [2.24, 2.45) is 7.05 Å². The van der Waals surface area contributed by atoms with Crippen LogP contribution in [0.25, 0.3) is 39.2 Å². The number of benzene rings is 3. The number of fused-ring (bicyclic) bond motifs is 1. The van der Waals surface area contributed by atoms with Gasteiger partial charge in [-0.25, -0.2) is 14.4 Å². The van der Waals surface area contributed by atoms with E-state index in [1.54, 1.807) is 47.3 Å². The summed E-state index contributed by atoms with van der Waals surface area (Å²) in [6.07, 6.45) is 6.38. The Morgan fingerprint density at radius 2 is 1.76 bits per heavy atom. The number of nitrogens with zero attached hydrogens (tertiary/aromatic N) is 5. The third kappa shape index (κ3) is 5.24. The Labute approximate surface area is 260 Å². The zero-order valence-electron chi connectivity index (χ0n) is 24.2. The number of furan rings is 1. The van der Waals surface area contributed by atoms with E-state index >= 15 is 0 Å². The van der Waals surface area contributed by atoms with Crippen LogP contribution in [0.5, 0.6) is 11.6 Å². The van der Waals surface area contributed by atoms with Crippen LogP contribution in [-0.2, 0) is 7.05 Å². The van der Waals surface area contributed by atoms with Gasteiger partial charge in [0, 0.05) is 47.6 Å². The minimum Gasteiger partial charge on any atom is -0.438 e. The molecule has 46 heavy (non-hydrogen) atoms. The van der Waals surface area contributed by atoms with Crippen molar-refractivity contribution in [2.75, 3.05) is 11.1 Å². The third-order valence-corrected chi connectivity index (χ3v) is 7.27. The molecule has 7 aromatic rings. The third-order valence-electron chi connectivity index (χ3n) is 7.27. The lowest BCUT2D eigenvalue weighted by atomic mass is 9.99. The van der Waals surface area contributed by atoms with Crippen LogP contribution < -0.4 is 21.3 Å². The number of pyridine rings is 1. The summed E-state index contributed by atoms with van der Waals surface area (Å²) in [4.78, 5) is 34.9. The van der Waals surface area contributed by atoms with E-state index in [1.807, 2.05) is 31.4 Å². The summed E-state index contributed by atoms with van der Waals surface area (Å²) >= 11 is 0. The highest BCUT2D eigenvalue weighted by Crippen LogP contribution is 2.45. The fourth-order valence-electron chi connectivity index (χ4n) is 5.10. The zero-order chi connectivity index (χ0) is 31.8. The largest absolute Gasteiger partial charge is 0.438 e. The molecule has 0 saturated carbocycles. The first-order valence-electron chi connectivity index (χ1n) is 14.0. The Morgan fingerprint density at radius 3 is 2.50 bits per heavy atom. The minimum atomic E-state index is -0.598. The maximum absolute atomic E-state index is 13.4. The number of nitrogens with two attached hydrogens (primary N) is 1. The summed E-state index contributed by atoms with van der Waals surface area (Å²) < 4.78 is 28.7. The Hall–Kier alpha value is -6.56. The van der Waals surface area contributed by atoms with Crippen molar-refractivity contribution in [1.29, 1.82) is 0 Å². The first-order chi connectivity index (χ1) is 22.4. The zero-order valence-corrected chi connectivity index (χ0v) is 24.2. The molecule has 11 nitrogen and oxygen atoms in total. The normalized spacial score (nSPS) is 11.1. The summed E-state index contributed by atoms with van der Waals surface area (Å²) in [7, 11) is 1.81. The highest BCUT2D eigenvalue weighted by molar-refractivity contribution is 6.05. The molecule has 4 heterocycles. The highest BCUT2D eigenvalue weighted by atomic mass is 19.1. The molecule has 0 saturated heterocycles.